The summed E-state index contributed by atoms with van der Waals surface area (Å²) in [6, 6.07) is 1.20. The van der Waals surface area contributed by atoms with E-state index >= 15 is 0 Å². The molecule has 1 saturated heterocycles. The van der Waals surface area contributed by atoms with Crippen LogP contribution in [-0.4, -0.2) is 66.8 Å². The topological polar surface area (TPSA) is 44.8 Å². The Morgan fingerprint density at radius 2 is 2.00 bits per heavy atom. The lowest BCUT2D eigenvalue weighted by atomic mass is 10.1. The summed E-state index contributed by atoms with van der Waals surface area (Å²) in [5.74, 6) is 0. The van der Waals surface area contributed by atoms with E-state index in [1.54, 1.807) is 0 Å². The molecular formula is C17H35N3O2. The van der Waals surface area contributed by atoms with E-state index in [2.05, 4.69) is 38.2 Å². The van der Waals surface area contributed by atoms with Crippen molar-refractivity contribution in [1.82, 2.24) is 15.1 Å². The number of amides is 1. The van der Waals surface area contributed by atoms with Crippen LogP contribution in [0.3, 0.4) is 0 Å². The van der Waals surface area contributed by atoms with Gasteiger partial charge in [-0.25, -0.2) is 4.79 Å². The highest BCUT2D eigenvalue weighted by Gasteiger charge is 2.32. The molecule has 0 radical (unpaired) electrons. The molecule has 1 heterocycles. The molecule has 1 rings (SSSR count). The van der Waals surface area contributed by atoms with Gasteiger partial charge in [0.1, 0.15) is 5.60 Å². The third-order valence-electron chi connectivity index (χ3n) is 4.27. The summed E-state index contributed by atoms with van der Waals surface area (Å²) >= 11 is 0. The number of rotatable bonds is 6. The fourth-order valence-corrected chi connectivity index (χ4v) is 2.69. The van der Waals surface area contributed by atoms with Gasteiger partial charge in [0.15, 0.2) is 0 Å². The Kier molecular flexibility index (Phi) is 7.13. The minimum absolute atomic E-state index is 0.163. The van der Waals surface area contributed by atoms with Crippen LogP contribution in [0.5, 0.6) is 0 Å². The van der Waals surface area contributed by atoms with Gasteiger partial charge in [-0.05, 0) is 68.0 Å². The Hall–Kier alpha value is -0.810. The zero-order valence-corrected chi connectivity index (χ0v) is 15.5. The molecule has 0 aliphatic carbocycles. The first-order chi connectivity index (χ1) is 10.1. The molecule has 3 atom stereocenters. The third-order valence-corrected chi connectivity index (χ3v) is 4.27. The summed E-state index contributed by atoms with van der Waals surface area (Å²) in [4.78, 5) is 16.4. The summed E-state index contributed by atoms with van der Waals surface area (Å²) in [5.41, 5.74) is -0.421. The monoisotopic (exact) mass is 313 g/mol. The lowest BCUT2D eigenvalue weighted by Crippen LogP contribution is -2.44. The first kappa shape index (κ1) is 19.2. The predicted octanol–water partition coefficient (Wildman–Crippen LogP) is 2.70. The molecule has 0 aromatic rings. The van der Waals surface area contributed by atoms with E-state index in [0.29, 0.717) is 18.1 Å². The van der Waals surface area contributed by atoms with Crippen LogP contribution >= 0.6 is 0 Å². The van der Waals surface area contributed by atoms with E-state index in [4.69, 9.17) is 4.74 Å². The fraction of sp³-hybridized carbons (Fsp3) is 0.941. The number of likely N-dealkylation sites (N-methyl/N-ethyl adjacent to an activating group) is 1. The Morgan fingerprint density at radius 1 is 1.36 bits per heavy atom. The molecule has 3 unspecified atom stereocenters. The molecule has 0 aromatic heterocycles. The predicted molar refractivity (Wildman–Crippen MR) is 91.2 cm³/mol. The molecule has 1 fully saturated rings. The molecule has 1 N–H and O–H groups in total. The normalized spacial score (nSPS) is 22.0. The maximum absolute atomic E-state index is 12.3. The Morgan fingerprint density at radius 3 is 2.55 bits per heavy atom. The highest BCUT2D eigenvalue weighted by atomic mass is 16.6. The van der Waals surface area contributed by atoms with E-state index in [9.17, 15) is 4.79 Å². The zero-order valence-electron chi connectivity index (χ0n) is 15.5. The Bertz CT molecular complexity index is 352. The van der Waals surface area contributed by atoms with Crippen molar-refractivity contribution in [3.8, 4) is 0 Å². The van der Waals surface area contributed by atoms with Crippen molar-refractivity contribution in [2.24, 2.45) is 0 Å². The van der Waals surface area contributed by atoms with E-state index in [1.165, 1.54) is 0 Å². The van der Waals surface area contributed by atoms with Crippen molar-refractivity contribution < 1.29 is 9.53 Å². The lowest BCUT2D eigenvalue weighted by molar-refractivity contribution is 0.0214. The summed E-state index contributed by atoms with van der Waals surface area (Å²) in [6.45, 7) is 12.0. The number of carbonyl (C=O) groups excluding carboxylic acids is 1. The highest BCUT2D eigenvalue weighted by Crippen LogP contribution is 2.24. The second-order valence-electron chi connectivity index (χ2n) is 7.83. The number of nitrogens with one attached hydrogen (secondary N) is 1. The largest absolute Gasteiger partial charge is 0.444 e. The van der Waals surface area contributed by atoms with E-state index in [1.807, 2.05) is 25.7 Å². The van der Waals surface area contributed by atoms with Gasteiger partial charge < -0.3 is 19.9 Å². The summed E-state index contributed by atoms with van der Waals surface area (Å²) in [5, 5.41) is 3.58. The van der Waals surface area contributed by atoms with Crippen molar-refractivity contribution in [2.45, 2.75) is 77.6 Å². The smallest absolute Gasteiger partial charge is 0.410 e. The molecule has 5 nitrogen and oxygen atoms in total. The number of hydrogen-bond acceptors (Lipinski definition) is 4. The Balaban J connectivity index is 2.44. The Labute approximate surface area is 136 Å². The molecule has 0 bridgehead atoms. The lowest BCUT2D eigenvalue weighted by Gasteiger charge is -2.30. The van der Waals surface area contributed by atoms with Crippen LogP contribution in [0.2, 0.25) is 0 Å². The molecule has 0 spiro atoms. The van der Waals surface area contributed by atoms with Gasteiger partial charge in [0.25, 0.3) is 0 Å². The number of likely N-dealkylation sites (tertiary alicyclic amines) is 1. The number of hydrogen-bond donors (Lipinski definition) is 1. The van der Waals surface area contributed by atoms with Gasteiger partial charge in [0.05, 0.1) is 0 Å². The molecule has 1 aliphatic heterocycles. The van der Waals surface area contributed by atoms with Crippen LogP contribution in [0, 0.1) is 0 Å². The minimum Gasteiger partial charge on any atom is -0.444 e. The number of ether oxygens (including phenoxy) is 1. The SMILES string of the molecule is CC(CC1CCCN1C(=O)OC(C)(C)C)NCC(C)N(C)C. The van der Waals surface area contributed by atoms with Crippen molar-refractivity contribution in [2.75, 3.05) is 27.2 Å². The maximum Gasteiger partial charge on any atom is 0.410 e. The van der Waals surface area contributed by atoms with Crippen molar-refractivity contribution in [3.63, 3.8) is 0 Å². The van der Waals surface area contributed by atoms with Gasteiger partial charge in [-0.1, -0.05) is 0 Å². The van der Waals surface area contributed by atoms with Gasteiger partial charge >= 0.3 is 6.09 Å². The quantitative estimate of drug-likeness (QED) is 0.819. The molecule has 0 aromatic carbocycles. The summed E-state index contributed by atoms with van der Waals surface area (Å²) < 4.78 is 5.52. The first-order valence-corrected chi connectivity index (χ1v) is 8.49. The van der Waals surface area contributed by atoms with Gasteiger partial charge in [0, 0.05) is 31.2 Å². The van der Waals surface area contributed by atoms with Crippen LogP contribution in [0.25, 0.3) is 0 Å². The summed E-state index contributed by atoms with van der Waals surface area (Å²) in [6.07, 6.45) is 2.97. The molecule has 1 amide bonds. The second-order valence-corrected chi connectivity index (χ2v) is 7.83. The van der Waals surface area contributed by atoms with E-state index in [0.717, 1.165) is 32.4 Å². The number of nitrogens with zero attached hydrogens (tertiary/aromatic N) is 2. The van der Waals surface area contributed by atoms with E-state index in [-0.39, 0.29) is 6.09 Å². The molecule has 22 heavy (non-hydrogen) atoms. The van der Waals surface area contributed by atoms with Crippen molar-refractivity contribution in [3.05, 3.63) is 0 Å². The number of carbonyl (C=O) groups is 1. The summed E-state index contributed by atoms with van der Waals surface area (Å²) in [7, 11) is 4.19. The van der Waals surface area contributed by atoms with Gasteiger partial charge in [-0.2, -0.15) is 0 Å². The molecule has 130 valence electrons. The second kappa shape index (κ2) is 8.16. The molecule has 5 heteroatoms. The van der Waals surface area contributed by atoms with Crippen molar-refractivity contribution in [1.29, 1.82) is 0 Å². The van der Waals surface area contributed by atoms with Gasteiger partial charge in [0.2, 0.25) is 0 Å². The standard InChI is InChI=1S/C17H35N3O2/c1-13(18-12-14(2)19(6)7)11-15-9-8-10-20(15)16(21)22-17(3,4)5/h13-15,18H,8-12H2,1-7H3. The highest BCUT2D eigenvalue weighted by molar-refractivity contribution is 5.68. The maximum atomic E-state index is 12.3. The molecule has 0 saturated carbocycles. The molecule has 1 aliphatic rings. The average Bonchev–Trinajstić information content (AvgIpc) is 2.81. The van der Waals surface area contributed by atoms with Crippen LogP contribution in [0.15, 0.2) is 0 Å². The first-order valence-electron chi connectivity index (χ1n) is 8.49. The van der Waals surface area contributed by atoms with Crippen molar-refractivity contribution >= 4 is 6.09 Å². The van der Waals surface area contributed by atoms with Crippen LogP contribution in [0.1, 0.15) is 53.9 Å². The fourth-order valence-electron chi connectivity index (χ4n) is 2.69. The minimum atomic E-state index is -0.421. The zero-order chi connectivity index (χ0) is 16.9. The van der Waals surface area contributed by atoms with E-state index < -0.39 is 5.60 Å². The molecular weight excluding hydrogens is 278 g/mol. The van der Waals surface area contributed by atoms with Crippen LogP contribution < -0.4 is 5.32 Å². The van der Waals surface area contributed by atoms with Crippen LogP contribution in [-0.2, 0) is 4.74 Å². The average molecular weight is 313 g/mol. The van der Waals surface area contributed by atoms with Gasteiger partial charge in [-0.3, -0.25) is 0 Å². The third kappa shape index (κ3) is 6.53. The van der Waals surface area contributed by atoms with Gasteiger partial charge in [-0.15, -0.1) is 0 Å². The van der Waals surface area contributed by atoms with Crippen LogP contribution in [0.4, 0.5) is 4.79 Å².